The zero-order valence-corrected chi connectivity index (χ0v) is 83.4. The van der Waals surface area contributed by atoms with E-state index in [2.05, 4.69) is 58.9 Å². The molecular formula is C105H114Cl4F13N9O14. The van der Waals surface area contributed by atoms with Gasteiger partial charge in [0.15, 0.2) is 26.4 Å². The molecule has 0 radical (unpaired) electrons. The summed E-state index contributed by atoms with van der Waals surface area (Å²) in [6.07, 6.45) is -1.25. The lowest BCUT2D eigenvalue weighted by molar-refractivity contribution is -0.275. The summed E-state index contributed by atoms with van der Waals surface area (Å²) in [5.74, 6) is -3.73. The third-order valence-electron chi connectivity index (χ3n) is 30.2. The highest BCUT2D eigenvalue weighted by molar-refractivity contribution is 6.31. The molecule has 8 aromatic carbocycles. The fraction of sp³-hybridized carbons (Fsp3) is 0.467. The largest absolute Gasteiger partial charge is 0.573 e. The van der Waals surface area contributed by atoms with Gasteiger partial charge in [0.25, 0.3) is 23.6 Å². The second kappa shape index (κ2) is 45.8. The van der Waals surface area contributed by atoms with Gasteiger partial charge in [0, 0.05) is 92.4 Å². The standard InChI is InChI=1S/C27H33ClFN3O3.2C26H27ClF4N2O4.C26H27ClF4N2O3/c1-18-15-26(31-24(33)17-35-21-8-9-22(28)23(29)14-21)10-12-27(18,13-11-26)25(34)30-16-19-4-6-20(7-5-19)32(2)3;1-16-13-24(33-22(34)15-36-19-6-7-20(27)21(28)12-19)8-10-25(16,11-9-24)23(35)32-14-17-2-4-18(5-3-17)37-26(29,30)31;1-16-13-24(33-22(34)15-36-18-5-6-20(27)21(28)12-18)7-9-25(16,10-8-24)23(35)32-14-17-3-2-4-19(11-17)37-26(29,30)31;1-16-13-24(33-22(34)15-36-19-5-6-20(27)21(28)12-19)7-9-25(16,10-8-24)23(35)32-14-17-3-2-4-18(11-17)26(29,30)31/h4-9,14,18H,10-13,15-17H2,1-3H3,(H,30,34)(H,31,33);2-7,12,16H,8-11,13-15H2,1H3,(H,32,35)(H,33,34);2-6,11-12,16H,7-10,13-15H2,1H3,(H,32,35)(H,33,34);2-6,11-12,16H,7-10,13-15H2,1H3,(H,32,35)(H,33,34). The minimum Gasteiger partial charge on any atom is -0.484 e. The summed E-state index contributed by atoms with van der Waals surface area (Å²) in [6.45, 7) is 7.81. The number of ether oxygens (including phenoxy) is 6. The molecule has 12 aliphatic rings. The molecule has 8 aromatic rings. The van der Waals surface area contributed by atoms with Gasteiger partial charge in [0.1, 0.15) is 57.8 Å². The highest BCUT2D eigenvalue weighted by atomic mass is 35.5. The first-order chi connectivity index (χ1) is 68.3. The smallest absolute Gasteiger partial charge is 0.484 e. The predicted molar refractivity (Wildman–Crippen MR) is 516 cm³/mol. The Hall–Kier alpha value is -11.6. The number of amides is 8. The van der Waals surface area contributed by atoms with Crippen molar-refractivity contribution < 1.29 is 124 Å². The van der Waals surface area contributed by atoms with E-state index >= 15 is 0 Å². The quantitative estimate of drug-likeness (QED) is 0.0187. The molecule has 0 spiro atoms. The Morgan fingerprint density at radius 1 is 0.317 bits per heavy atom. The van der Waals surface area contributed by atoms with Crippen molar-refractivity contribution in [3.63, 3.8) is 0 Å². The average Bonchev–Trinajstić information content (AvgIpc) is 0.746. The third kappa shape index (κ3) is 27.8. The molecule has 8 bridgehead atoms. The van der Waals surface area contributed by atoms with Gasteiger partial charge in [-0.3, -0.25) is 38.4 Å². The van der Waals surface area contributed by atoms with Crippen LogP contribution in [0.2, 0.25) is 20.1 Å². The van der Waals surface area contributed by atoms with Crippen LogP contribution >= 0.6 is 46.4 Å². The lowest BCUT2D eigenvalue weighted by Crippen LogP contribution is -2.63. The Morgan fingerprint density at radius 2 is 0.572 bits per heavy atom. The zero-order valence-electron chi connectivity index (χ0n) is 80.4. The van der Waals surface area contributed by atoms with Crippen LogP contribution in [0.3, 0.4) is 0 Å². The summed E-state index contributed by atoms with van der Waals surface area (Å²) in [6, 6.07) is 39.9. The Labute approximate surface area is 850 Å². The number of hydrogen-bond acceptors (Lipinski definition) is 15. The van der Waals surface area contributed by atoms with Crippen LogP contribution in [-0.4, -0.2) is 123 Å². The highest BCUT2D eigenvalue weighted by Gasteiger charge is 2.61. The van der Waals surface area contributed by atoms with Crippen molar-refractivity contribution in [1.82, 2.24) is 42.5 Å². The zero-order chi connectivity index (χ0) is 105. The Kier molecular flexibility index (Phi) is 34.9. The van der Waals surface area contributed by atoms with Gasteiger partial charge >= 0.3 is 18.9 Å². The van der Waals surface area contributed by atoms with Gasteiger partial charge in [0.05, 0.1) is 47.3 Å². The average molecular weight is 2110 g/mol. The number of halogens is 17. The molecule has 8 N–H and O–H groups in total. The van der Waals surface area contributed by atoms with Crippen molar-refractivity contribution in [2.75, 3.05) is 45.4 Å². The normalized spacial score (nSPS) is 25.0. The molecule has 8 amide bonds. The first kappa shape index (κ1) is 111. The van der Waals surface area contributed by atoms with E-state index < -0.39 is 86.0 Å². The molecule has 23 nitrogen and oxygen atoms in total. The number of nitrogens with zero attached hydrogens (tertiary/aromatic N) is 1. The van der Waals surface area contributed by atoms with E-state index in [1.165, 1.54) is 103 Å². The number of rotatable bonds is 31. The number of anilines is 1. The summed E-state index contributed by atoms with van der Waals surface area (Å²) in [5.41, 5.74) is -0.864. The predicted octanol–water partition coefficient (Wildman–Crippen LogP) is 21.4. The second-order valence-electron chi connectivity index (χ2n) is 39.7. The highest BCUT2D eigenvalue weighted by Crippen LogP contribution is 2.60. The fourth-order valence-electron chi connectivity index (χ4n) is 22.2. The van der Waals surface area contributed by atoms with Gasteiger partial charge in [-0.25, -0.2) is 17.6 Å². The van der Waals surface area contributed by atoms with Crippen molar-refractivity contribution in [1.29, 1.82) is 0 Å². The topological polar surface area (TPSA) is 291 Å². The van der Waals surface area contributed by atoms with Crippen molar-refractivity contribution >= 4 is 99.3 Å². The van der Waals surface area contributed by atoms with Crippen LogP contribution in [-0.2, 0) is 70.7 Å². The van der Waals surface area contributed by atoms with Gasteiger partial charge in [0.2, 0.25) is 23.6 Å². The molecule has 782 valence electrons. The second-order valence-corrected chi connectivity index (χ2v) is 41.3. The summed E-state index contributed by atoms with van der Waals surface area (Å²) in [5, 5.41) is 24.1. The number of fused-ring (bicyclic) bond motifs is 12. The van der Waals surface area contributed by atoms with E-state index in [0.717, 1.165) is 73.7 Å². The molecule has 12 fully saturated rings. The van der Waals surface area contributed by atoms with Crippen LogP contribution in [0.5, 0.6) is 34.5 Å². The molecule has 20 rings (SSSR count). The van der Waals surface area contributed by atoms with E-state index in [4.69, 9.17) is 65.4 Å². The van der Waals surface area contributed by atoms with Gasteiger partial charge in [-0.1, -0.05) is 123 Å². The lowest BCUT2D eigenvalue weighted by Gasteiger charge is -2.56. The molecular weight excluding hydrogens is 2000 g/mol. The van der Waals surface area contributed by atoms with E-state index in [1.807, 2.05) is 64.0 Å². The first-order valence-corrected chi connectivity index (χ1v) is 49.2. The van der Waals surface area contributed by atoms with Gasteiger partial charge in [-0.2, -0.15) is 13.2 Å². The molecule has 4 atom stereocenters. The maximum atomic E-state index is 13.6. The Morgan fingerprint density at radius 3 is 0.834 bits per heavy atom. The number of carbonyl (C=O) groups is 8. The SMILES string of the molecule is CC1CC2(NC(=O)COc3ccc(Cl)c(F)c3)CCC1(C(=O)NCc1ccc(N(C)C)cc1)CC2.CC1CC2(NC(=O)COc3ccc(Cl)c(F)c3)CCC1(C(=O)NCc1ccc(OC(F)(F)F)cc1)CC2.CC1CC2(NC(=O)COc3ccc(Cl)c(F)c3)CCC1(C(=O)NCc1cccc(C(F)(F)F)c1)CC2.CC1CC2(NC(=O)COc3ccc(Cl)c(F)c3)CCC1(C(=O)NCc1cccc(OC(F)(F)F)c1)CC2. The summed E-state index contributed by atoms with van der Waals surface area (Å²) >= 11 is 22.7. The summed E-state index contributed by atoms with van der Waals surface area (Å²) in [4.78, 5) is 105. The van der Waals surface area contributed by atoms with E-state index in [9.17, 15) is 95.4 Å². The first-order valence-electron chi connectivity index (χ1n) is 47.6. The van der Waals surface area contributed by atoms with Crippen molar-refractivity contribution in [3.8, 4) is 34.5 Å². The fourth-order valence-corrected chi connectivity index (χ4v) is 22.6. The maximum Gasteiger partial charge on any atom is 0.573 e. The molecule has 0 saturated heterocycles. The van der Waals surface area contributed by atoms with Gasteiger partial charge in [-0.05, 0) is 271 Å². The van der Waals surface area contributed by atoms with Crippen LogP contribution in [0, 0.1) is 68.6 Å². The van der Waals surface area contributed by atoms with Gasteiger partial charge < -0.3 is 75.9 Å². The van der Waals surface area contributed by atoms with E-state index in [-0.39, 0.29) is 177 Å². The Balaban J connectivity index is 0.000000162. The minimum atomic E-state index is -4.79. The number of nitrogens with one attached hydrogen (secondary N) is 8. The van der Waals surface area contributed by atoms with Gasteiger partial charge in [-0.15, -0.1) is 26.3 Å². The van der Waals surface area contributed by atoms with Crippen LogP contribution in [0.4, 0.5) is 62.8 Å². The monoisotopic (exact) mass is 2110 g/mol. The third-order valence-corrected chi connectivity index (χ3v) is 31.5. The van der Waals surface area contributed by atoms with E-state index in [1.54, 1.807) is 12.1 Å². The van der Waals surface area contributed by atoms with Crippen LogP contribution in [0.1, 0.15) is 184 Å². The molecule has 145 heavy (non-hydrogen) atoms. The molecule has 12 saturated carbocycles. The van der Waals surface area contributed by atoms with E-state index in [0.29, 0.717) is 120 Å². The molecule has 0 aliphatic heterocycles. The molecule has 4 unspecified atom stereocenters. The lowest BCUT2D eigenvalue weighted by atomic mass is 9.52. The number of benzene rings is 8. The Bertz CT molecular complexity index is 5970. The van der Waals surface area contributed by atoms with Crippen LogP contribution < -0.4 is 75.9 Å². The van der Waals surface area contributed by atoms with Crippen LogP contribution in [0.25, 0.3) is 0 Å². The van der Waals surface area contributed by atoms with Crippen LogP contribution in [0.15, 0.2) is 170 Å². The minimum absolute atomic E-state index is 0.00383. The molecule has 0 aromatic heterocycles. The molecule has 12 aliphatic carbocycles. The summed E-state index contributed by atoms with van der Waals surface area (Å²) < 4.78 is 197. The number of hydrogen-bond donors (Lipinski definition) is 8. The van der Waals surface area contributed by atoms with Crippen molar-refractivity contribution in [2.45, 2.75) is 223 Å². The molecule has 0 heterocycles. The van der Waals surface area contributed by atoms with Crippen molar-refractivity contribution in [3.05, 3.63) is 241 Å². The summed E-state index contributed by atoms with van der Waals surface area (Å²) in [7, 11) is 4.00. The number of alkyl halides is 9. The van der Waals surface area contributed by atoms with Crippen molar-refractivity contribution in [2.24, 2.45) is 45.3 Å². The number of carbonyl (C=O) groups excluding carboxylic acids is 8. The molecule has 40 heteroatoms. The maximum absolute atomic E-state index is 13.6.